The number of aromatic hydroxyl groups is 2. The Morgan fingerprint density at radius 2 is 2.13 bits per heavy atom. The molecule has 0 atom stereocenters. The maximum atomic E-state index is 11.9. The van der Waals surface area contributed by atoms with Crippen LogP contribution in [-0.2, 0) is 0 Å². The van der Waals surface area contributed by atoms with E-state index < -0.39 is 5.91 Å². The highest BCUT2D eigenvalue weighted by Gasteiger charge is 2.11. The van der Waals surface area contributed by atoms with Crippen molar-refractivity contribution in [3.05, 3.63) is 53.9 Å². The number of phenolic OH excluding ortho intramolecular Hbond substituents is 2. The van der Waals surface area contributed by atoms with Gasteiger partial charge in [0.1, 0.15) is 5.69 Å². The standard InChI is InChI=1S/C15H12N4O4/c20-12-4-3-9(6-13(12)21)8-16-19-15(22)11-7-10(17-18-11)14-2-1-5-23-14/h1-8,20-21H,(H,17,18)(H,19,22)/b16-8+. The third kappa shape index (κ3) is 3.21. The van der Waals surface area contributed by atoms with Crippen molar-refractivity contribution >= 4 is 12.1 Å². The third-order valence-corrected chi connectivity index (χ3v) is 2.98. The zero-order valence-electron chi connectivity index (χ0n) is 11.7. The number of nitrogens with zero attached hydrogens (tertiary/aromatic N) is 2. The Hall–Kier alpha value is -3.55. The first-order valence-corrected chi connectivity index (χ1v) is 6.58. The smallest absolute Gasteiger partial charge is 0.291 e. The fourth-order valence-corrected chi connectivity index (χ4v) is 1.84. The van der Waals surface area contributed by atoms with Gasteiger partial charge in [-0.15, -0.1) is 0 Å². The summed E-state index contributed by atoms with van der Waals surface area (Å²) < 4.78 is 5.20. The molecule has 3 rings (SSSR count). The third-order valence-electron chi connectivity index (χ3n) is 2.98. The predicted molar refractivity (Wildman–Crippen MR) is 81.1 cm³/mol. The van der Waals surface area contributed by atoms with Crippen LogP contribution < -0.4 is 5.43 Å². The van der Waals surface area contributed by atoms with Crippen molar-refractivity contribution in [2.45, 2.75) is 0 Å². The summed E-state index contributed by atoms with van der Waals surface area (Å²) in [6.45, 7) is 0. The van der Waals surface area contributed by atoms with Crippen molar-refractivity contribution in [2.24, 2.45) is 5.10 Å². The molecule has 0 saturated carbocycles. The summed E-state index contributed by atoms with van der Waals surface area (Å²) in [5.74, 6) is -0.429. The lowest BCUT2D eigenvalue weighted by atomic mass is 10.2. The Kier molecular flexibility index (Phi) is 3.79. The zero-order chi connectivity index (χ0) is 16.2. The topological polar surface area (TPSA) is 124 Å². The summed E-state index contributed by atoms with van der Waals surface area (Å²) in [7, 11) is 0. The van der Waals surface area contributed by atoms with E-state index >= 15 is 0 Å². The number of hydrazone groups is 1. The highest BCUT2D eigenvalue weighted by atomic mass is 16.3. The predicted octanol–water partition coefficient (Wildman–Crippen LogP) is 1.84. The summed E-state index contributed by atoms with van der Waals surface area (Å²) in [5, 5.41) is 28.9. The molecule has 0 radical (unpaired) electrons. The van der Waals surface area contributed by atoms with E-state index in [1.807, 2.05) is 0 Å². The molecule has 23 heavy (non-hydrogen) atoms. The highest BCUT2D eigenvalue weighted by Crippen LogP contribution is 2.24. The number of hydrogen-bond donors (Lipinski definition) is 4. The average Bonchev–Trinajstić information content (AvgIpc) is 3.20. The number of nitrogens with one attached hydrogen (secondary N) is 2. The number of H-pyrrole nitrogens is 1. The molecule has 4 N–H and O–H groups in total. The van der Waals surface area contributed by atoms with E-state index in [2.05, 4.69) is 20.7 Å². The largest absolute Gasteiger partial charge is 0.504 e. The fraction of sp³-hybridized carbons (Fsp3) is 0. The average molecular weight is 312 g/mol. The SMILES string of the molecule is O=C(N/N=C/c1ccc(O)c(O)c1)c1cc(-c2ccco2)[nH]n1. The van der Waals surface area contributed by atoms with Crippen molar-refractivity contribution in [3.8, 4) is 23.0 Å². The summed E-state index contributed by atoms with van der Waals surface area (Å²) in [6.07, 6.45) is 2.85. The molecule has 0 bridgehead atoms. The van der Waals surface area contributed by atoms with Gasteiger partial charge in [0.05, 0.1) is 12.5 Å². The molecule has 0 unspecified atom stereocenters. The molecule has 3 aromatic rings. The number of carbonyl (C=O) groups is 1. The van der Waals surface area contributed by atoms with E-state index in [0.29, 0.717) is 17.0 Å². The summed E-state index contributed by atoms with van der Waals surface area (Å²) >= 11 is 0. The Morgan fingerprint density at radius 3 is 2.87 bits per heavy atom. The summed E-state index contributed by atoms with van der Waals surface area (Å²) in [4.78, 5) is 11.9. The van der Waals surface area contributed by atoms with E-state index in [-0.39, 0.29) is 17.2 Å². The molecule has 116 valence electrons. The van der Waals surface area contributed by atoms with Gasteiger partial charge in [-0.3, -0.25) is 9.89 Å². The zero-order valence-corrected chi connectivity index (χ0v) is 11.7. The lowest BCUT2D eigenvalue weighted by Gasteiger charge is -1.98. The lowest BCUT2D eigenvalue weighted by Crippen LogP contribution is -2.17. The number of carbonyl (C=O) groups excluding carboxylic acids is 1. The minimum Gasteiger partial charge on any atom is -0.504 e. The first-order valence-electron chi connectivity index (χ1n) is 6.58. The van der Waals surface area contributed by atoms with E-state index in [9.17, 15) is 15.0 Å². The van der Waals surface area contributed by atoms with Crippen LogP contribution in [0, 0.1) is 0 Å². The molecule has 1 aromatic carbocycles. The second kappa shape index (κ2) is 6.06. The molecule has 0 aliphatic rings. The molecule has 0 spiro atoms. The number of aromatic amines is 1. The number of benzene rings is 1. The molecule has 8 heteroatoms. The van der Waals surface area contributed by atoms with E-state index in [4.69, 9.17) is 4.42 Å². The molecule has 0 fully saturated rings. The monoisotopic (exact) mass is 312 g/mol. The van der Waals surface area contributed by atoms with Crippen LogP contribution in [0.15, 0.2) is 52.2 Å². The first-order chi connectivity index (χ1) is 11.1. The van der Waals surface area contributed by atoms with Crippen LogP contribution in [0.1, 0.15) is 16.1 Å². The summed E-state index contributed by atoms with van der Waals surface area (Å²) in [5.41, 5.74) is 3.56. The highest BCUT2D eigenvalue weighted by molar-refractivity contribution is 5.94. The number of hydrogen-bond acceptors (Lipinski definition) is 6. The van der Waals surface area contributed by atoms with Crippen molar-refractivity contribution in [2.75, 3.05) is 0 Å². The minimum atomic E-state index is -0.502. The van der Waals surface area contributed by atoms with E-state index in [1.54, 1.807) is 12.1 Å². The van der Waals surface area contributed by atoms with Crippen LogP contribution >= 0.6 is 0 Å². The molecule has 2 aromatic heterocycles. The molecule has 8 nitrogen and oxygen atoms in total. The van der Waals surface area contributed by atoms with Gasteiger partial charge in [-0.05, 0) is 35.9 Å². The van der Waals surface area contributed by atoms with E-state index in [1.165, 1.54) is 36.7 Å². The van der Waals surface area contributed by atoms with Gasteiger partial charge in [0, 0.05) is 6.07 Å². The second-order valence-corrected chi connectivity index (χ2v) is 4.59. The van der Waals surface area contributed by atoms with Crippen molar-refractivity contribution < 1.29 is 19.4 Å². The van der Waals surface area contributed by atoms with Gasteiger partial charge in [-0.25, -0.2) is 5.43 Å². The molecule has 0 aliphatic heterocycles. The van der Waals surface area contributed by atoms with Gasteiger partial charge in [0.25, 0.3) is 5.91 Å². The normalized spacial score (nSPS) is 11.0. The van der Waals surface area contributed by atoms with Gasteiger partial charge < -0.3 is 14.6 Å². The van der Waals surface area contributed by atoms with Crippen molar-refractivity contribution in [1.29, 1.82) is 0 Å². The Labute approximate surface area is 130 Å². The lowest BCUT2D eigenvalue weighted by molar-refractivity contribution is 0.0950. The van der Waals surface area contributed by atoms with Crippen LogP contribution in [0.25, 0.3) is 11.5 Å². The van der Waals surface area contributed by atoms with Crippen LogP contribution in [-0.4, -0.2) is 32.5 Å². The number of aromatic nitrogens is 2. The first kappa shape index (κ1) is 14.4. The number of rotatable bonds is 4. The van der Waals surface area contributed by atoms with Gasteiger partial charge >= 0.3 is 0 Å². The molecule has 1 amide bonds. The molecule has 0 saturated heterocycles. The Morgan fingerprint density at radius 1 is 1.26 bits per heavy atom. The van der Waals surface area contributed by atoms with Gasteiger partial charge in [-0.2, -0.15) is 10.2 Å². The summed E-state index contributed by atoms with van der Waals surface area (Å²) in [6, 6.07) is 9.18. The van der Waals surface area contributed by atoms with Gasteiger partial charge in [0.2, 0.25) is 0 Å². The Bertz CT molecular complexity index is 852. The van der Waals surface area contributed by atoms with E-state index in [0.717, 1.165) is 0 Å². The Balaban J connectivity index is 1.65. The quantitative estimate of drug-likeness (QED) is 0.332. The molecule has 0 aliphatic carbocycles. The van der Waals surface area contributed by atoms with Crippen LogP contribution in [0.2, 0.25) is 0 Å². The van der Waals surface area contributed by atoms with Crippen LogP contribution in [0.3, 0.4) is 0 Å². The van der Waals surface area contributed by atoms with Crippen LogP contribution in [0.5, 0.6) is 11.5 Å². The van der Waals surface area contributed by atoms with Gasteiger partial charge in [0.15, 0.2) is 23.0 Å². The molecule has 2 heterocycles. The van der Waals surface area contributed by atoms with Gasteiger partial charge in [-0.1, -0.05) is 0 Å². The number of phenols is 2. The van der Waals surface area contributed by atoms with Crippen LogP contribution in [0.4, 0.5) is 0 Å². The molecular formula is C15H12N4O4. The van der Waals surface area contributed by atoms with Crippen molar-refractivity contribution in [3.63, 3.8) is 0 Å². The number of amides is 1. The molecular weight excluding hydrogens is 300 g/mol. The second-order valence-electron chi connectivity index (χ2n) is 4.59. The van der Waals surface area contributed by atoms with Crippen molar-refractivity contribution in [1.82, 2.24) is 15.6 Å². The fourth-order valence-electron chi connectivity index (χ4n) is 1.84. The minimum absolute atomic E-state index is 0.155. The number of furan rings is 1. The maximum Gasteiger partial charge on any atom is 0.291 e. The maximum absolute atomic E-state index is 11.9.